The van der Waals surface area contributed by atoms with Crippen LogP contribution in [0.3, 0.4) is 0 Å². The van der Waals surface area contributed by atoms with Gasteiger partial charge in [-0.15, -0.1) is 13.2 Å². The lowest BCUT2D eigenvalue weighted by molar-refractivity contribution is -0.274. The Labute approximate surface area is 199 Å². The van der Waals surface area contributed by atoms with Gasteiger partial charge in [0.2, 0.25) is 0 Å². The highest BCUT2D eigenvalue weighted by atomic mass is 19.4. The number of halogens is 4. The number of nitrogens with one attached hydrogen (secondary N) is 1. The Morgan fingerprint density at radius 2 is 1.80 bits per heavy atom. The Kier molecular flexibility index (Phi) is 7.93. The van der Waals surface area contributed by atoms with Gasteiger partial charge in [-0.3, -0.25) is 14.5 Å². The summed E-state index contributed by atoms with van der Waals surface area (Å²) in [6, 6.07) is 3.93. The number of carbonyl (C=O) groups excluding carboxylic acids is 2. The summed E-state index contributed by atoms with van der Waals surface area (Å²) in [6.07, 6.45) is -2.51. The molecule has 0 bridgehead atoms. The van der Waals surface area contributed by atoms with Crippen LogP contribution in [-0.2, 0) is 19.9 Å². The van der Waals surface area contributed by atoms with Crippen LogP contribution in [0, 0.1) is 5.92 Å². The molecule has 35 heavy (non-hydrogen) atoms. The van der Waals surface area contributed by atoms with Crippen molar-refractivity contribution in [2.75, 3.05) is 18.1 Å². The Morgan fingerprint density at radius 3 is 2.31 bits per heavy atom. The highest BCUT2D eigenvalue weighted by Gasteiger charge is 2.48. The van der Waals surface area contributed by atoms with Gasteiger partial charge in [-0.2, -0.15) is 0 Å². The molecule has 1 aromatic carbocycles. The molecular formula is C23H26F4N4O4. The van der Waals surface area contributed by atoms with E-state index < -0.39 is 41.6 Å². The fourth-order valence-corrected chi connectivity index (χ4v) is 3.70. The quantitative estimate of drug-likeness (QED) is 0.560. The van der Waals surface area contributed by atoms with E-state index >= 15 is 4.39 Å². The van der Waals surface area contributed by atoms with E-state index in [1.807, 2.05) is 0 Å². The molecule has 0 aliphatic carbocycles. The van der Waals surface area contributed by atoms with Gasteiger partial charge in [0, 0.05) is 30.3 Å². The summed E-state index contributed by atoms with van der Waals surface area (Å²) in [4.78, 5) is 35.9. The first-order chi connectivity index (χ1) is 16.4. The zero-order valence-corrected chi connectivity index (χ0v) is 19.4. The van der Waals surface area contributed by atoms with Gasteiger partial charge >= 0.3 is 6.36 Å². The van der Waals surface area contributed by atoms with Gasteiger partial charge in [0.05, 0.1) is 12.6 Å². The van der Waals surface area contributed by atoms with Gasteiger partial charge in [0.1, 0.15) is 12.1 Å². The topological polar surface area (TPSA) is 93.7 Å². The molecule has 0 radical (unpaired) electrons. The molecule has 1 aliphatic rings. The van der Waals surface area contributed by atoms with Crippen LogP contribution < -0.4 is 15.0 Å². The molecule has 1 aromatic heterocycles. The monoisotopic (exact) mass is 498 g/mol. The third kappa shape index (κ3) is 6.05. The number of hydrogen-bond donors (Lipinski definition) is 1. The van der Waals surface area contributed by atoms with Crippen LogP contribution in [0.25, 0.3) is 0 Å². The van der Waals surface area contributed by atoms with Gasteiger partial charge in [-0.1, -0.05) is 13.8 Å². The van der Waals surface area contributed by atoms with Crippen molar-refractivity contribution in [1.29, 1.82) is 0 Å². The number of carbonyl (C=O) groups is 2. The lowest BCUT2D eigenvalue weighted by Gasteiger charge is -2.41. The molecule has 2 aromatic rings. The molecule has 190 valence electrons. The fourth-order valence-electron chi connectivity index (χ4n) is 3.70. The molecule has 1 aliphatic heterocycles. The first kappa shape index (κ1) is 26.3. The van der Waals surface area contributed by atoms with E-state index in [1.165, 1.54) is 39.5 Å². The zero-order chi connectivity index (χ0) is 25.8. The fraction of sp³-hybridized carbons (Fsp3) is 0.478. The Morgan fingerprint density at radius 1 is 1.17 bits per heavy atom. The van der Waals surface area contributed by atoms with Crippen molar-refractivity contribution in [3.8, 4) is 5.75 Å². The summed E-state index contributed by atoms with van der Waals surface area (Å²) < 4.78 is 62.2. The SMILES string of the molecule is CC(C)[C@@H](F)C(=O)N(c1ccc(OC(F)(F)F)cc1)[C@@](C)(C(=O)N[C@H]1CCOC1)c1cncnc1. The highest BCUT2D eigenvalue weighted by molar-refractivity contribution is 6.05. The average molecular weight is 498 g/mol. The summed E-state index contributed by atoms with van der Waals surface area (Å²) >= 11 is 0. The molecule has 1 N–H and O–H groups in total. The number of aromatic nitrogens is 2. The Balaban J connectivity index is 2.12. The second kappa shape index (κ2) is 10.5. The number of alkyl halides is 4. The van der Waals surface area contributed by atoms with E-state index in [2.05, 4.69) is 20.0 Å². The standard InChI is InChI=1S/C23H26F4N4O4/c1-14(2)19(24)20(32)31(17-4-6-18(7-5-17)35-23(25,26)27)22(3,15-10-28-13-29-11-15)21(33)30-16-8-9-34-12-16/h4-7,10-11,13-14,16,19H,8-9,12H2,1-3H3,(H,30,33)/t16-,19+,22+/m0/s1. The Hall–Kier alpha value is -3.28. The maximum absolute atomic E-state index is 15.1. The van der Waals surface area contributed by atoms with Crippen LogP contribution in [0.15, 0.2) is 43.0 Å². The predicted molar refractivity (Wildman–Crippen MR) is 117 cm³/mol. The van der Waals surface area contributed by atoms with E-state index in [9.17, 15) is 22.8 Å². The van der Waals surface area contributed by atoms with Gasteiger partial charge in [0.15, 0.2) is 11.7 Å². The largest absolute Gasteiger partial charge is 0.573 e. The van der Waals surface area contributed by atoms with Crippen molar-refractivity contribution in [3.63, 3.8) is 0 Å². The molecule has 0 unspecified atom stereocenters. The first-order valence-electron chi connectivity index (χ1n) is 10.9. The minimum Gasteiger partial charge on any atom is -0.406 e. The third-order valence-electron chi connectivity index (χ3n) is 5.65. The van der Waals surface area contributed by atoms with Crippen LogP contribution in [0.1, 0.15) is 32.8 Å². The number of ether oxygens (including phenoxy) is 2. The molecule has 1 fully saturated rings. The molecule has 3 atom stereocenters. The zero-order valence-electron chi connectivity index (χ0n) is 19.4. The maximum atomic E-state index is 15.1. The first-order valence-corrected chi connectivity index (χ1v) is 10.9. The molecule has 2 amide bonds. The molecule has 1 saturated heterocycles. The number of hydrogen-bond acceptors (Lipinski definition) is 6. The van der Waals surface area contributed by atoms with Gasteiger partial charge < -0.3 is 14.8 Å². The molecule has 0 saturated carbocycles. The Bertz CT molecular complexity index is 1010. The summed E-state index contributed by atoms with van der Waals surface area (Å²) in [6.45, 7) is 5.11. The van der Waals surface area contributed by atoms with Crippen LogP contribution in [0.2, 0.25) is 0 Å². The molecule has 12 heteroatoms. The molecular weight excluding hydrogens is 472 g/mol. The van der Waals surface area contributed by atoms with Crippen molar-refractivity contribution in [2.45, 2.75) is 51.3 Å². The van der Waals surface area contributed by atoms with Crippen molar-refractivity contribution in [3.05, 3.63) is 48.5 Å². The van der Waals surface area contributed by atoms with Gasteiger partial charge in [-0.05, 0) is 43.5 Å². The van der Waals surface area contributed by atoms with Crippen LogP contribution in [-0.4, -0.2) is 53.6 Å². The number of rotatable bonds is 8. The number of nitrogens with zero attached hydrogens (tertiary/aromatic N) is 3. The van der Waals surface area contributed by atoms with Crippen molar-refractivity contribution < 1.29 is 36.6 Å². The molecule has 0 spiro atoms. The summed E-state index contributed by atoms with van der Waals surface area (Å²) in [5.74, 6) is -2.97. The smallest absolute Gasteiger partial charge is 0.406 e. The summed E-state index contributed by atoms with van der Waals surface area (Å²) in [7, 11) is 0. The second-order valence-electron chi connectivity index (χ2n) is 8.59. The lowest BCUT2D eigenvalue weighted by Crippen LogP contribution is -2.60. The van der Waals surface area contributed by atoms with E-state index in [-0.39, 0.29) is 23.9 Å². The summed E-state index contributed by atoms with van der Waals surface area (Å²) in [5, 5.41) is 2.82. The van der Waals surface area contributed by atoms with Gasteiger partial charge in [-0.25, -0.2) is 14.4 Å². The summed E-state index contributed by atoms with van der Waals surface area (Å²) in [5.41, 5.74) is -1.69. The van der Waals surface area contributed by atoms with Crippen LogP contribution in [0.5, 0.6) is 5.75 Å². The van der Waals surface area contributed by atoms with Crippen molar-refractivity contribution in [1.82, 2.24) is 15.3 Å². The minimum absolute atomic E-state index is 0.0167. The van der Waals surface area contributed by atoms with E-state index in [1.54, 1.807) is 0 Å². The van der Waals surface area contributed by atoms with Crippen LogP contribution >= 0.6 is 0 Å². The van der Waals surface area contributed by atoms with E-state index in [0.29, 0.717) is 13.0 Å². The average Bonchev–Trinajstić information content (AvgIpc) is 3.32. The van der Waals surface area contributed by atoms with Crippen LogP contribution in [0.4, 0.5) is 23.2 Å². The van der Waals surface area contributed by atoms with Gasteiger partial charge in [0.25, 0.3) is 11.8 Å². The number of amides is 2. The highest BCUT2D eigenvalue weighted by Crippen LogP contribution is 2.36. The molecule has 2 heterocycles. The second-order valence-corrected chi connectivity index (χ2v) is 8.59. The lowest BCUT2D eigenvalue weighted by atomic mass is 9.88. The molecule has 3 rings (SSSR count). The third-order valence-corrected chi connectivity index (χ3v) is 5.65. The van der Waals surface area contributed by atoms with E-state index in [4.69, 9.17) is 4.74 Å². The predicted octanol–water partition coefficient (Wildman–Crippen LogP) is 3.52. The van der Waals surface area contributed by atoms with Crippen molar-refractivity contribution in [2.24, 2.45) is 5.92 Å². The van der Waals surface area contributed by atoms with Crippen molar-refractivity contribution >= 4 is 17.5 Å². The normalized spacial score (nSPS) is 18.6. The number of benzene rings is 1. The van der Waals surface area contributed by atoms with E-state index in [0.717, 1.165) is 29.2 Å². The molecule has 8 nitrogen and oxygen atoms in total. The maximum Gasteiger partial charge on any atom is 0.573 e. The minimum atomic E-state index is -4.92. The number of anilines is 1.